The molecule has 0 aliphatic carbocycles. The Hall–Kier alpha value is -1.08. The molecule has 0 saturated heterocycles. The predicted molar refractivity (Wildman–Crippen MR) is 61.8 cm³/mol. The summed E-state index contributed by atoms with van der Waals surface area (Å²) in [5, 5.41) is 6.31. The summed E-state index contributed by atoms with van der Waals surface area (Å²) in [7, 11) is -3.37. The Kier molecular flexibility index (Phi) is 4.31. The highest BCUT2D eigenvalue weighted by molar-refractivity contribution is 7.92. The van der Waals surface area contributed by atoms with Crippen molar-refractivity contribution < 1.29 is 13.2 Å². The summed E-state index contributed by atoms with van der Waals surface area (Å²) in [5.41, 5.74) is 0.758. The van der Waals surface area contributed by atoms with Crippen LogP contribution < -0.4 is 4.72 Å². The van der Waals surface area contributed by atoms with Crippen LogP contribution in [0.15, 0.2) is 6.20 Å². The summed E-state index contributed by atoms with van der Waals surface area (Å²) < 4.78 is 30.8. The maximum Gasteiger partial charge on any atom is 0.236 e. The van der Waals surface area contributed by atoms with Gasteiger partial charge in [0.1, 0.15) is 5.82 Å². The normalized spacial score (nSPS) is 12.0. The van der Waals surface area contributed by atoms with Crippen LogP contribution in [0, 0.1) is 6.92 Å². The van der Waals surface area contributed by atoms with Crippen molar-refractivity contribution in [2.24, 2.45) is 0 Å². The Bertz CT molecular complexity index is 425. The molecule has 2 N–H and O–H groups in total. The van der Waals surface area contributed by atoms with E-state index in [2.05, 4.69) is 14.9 Å². The van der Waals surface area contributed by atoms with E-state index < -0.39 is 10.0 Å². The lowest BCUT2D eigenvalue weighted by Crippen LogP contribution is -2.22. The van der Waals surface area contributed by atoms with Crippen LogP contribution in [-0.4, -0.2) is 37.1 Å². The van der Waals surface area contributed by atoms with Crippen LogP contribution >= 0.6 is 0 Å². The number of anilines is 1. The van der Waals surface area contributed by atoms with Gasteiger partial charge in [0, 0.05) is 5.56 Å². The summed E-state index contributed by atoms with van der Waals surface area (Å²) in [6, 6.07) is 0. The molecular formula is C9H17N3O3S. The summed E-state index contributed by atoms with van der Waals surface area (Å²) in [6.45, 7) is 5.67. The molecule has 0 spiro atoms. The Balaban J connectivity index is 2.50. The van der Waals surface area contributed by atoms with Crippen LogP contribution in [0.2, 0.25) is 0 Å². The molecule has 0 radical (unpaired) electrons. The number of aryl methyl sites for hydroxylation is 1. The van der Waals surface area contributed by atoms with Crippen molar-refractivity contribution in [3.8, 4) is 0 Å². The second-order valence-electron chi connectivity index (χ2n) is 3.77. The average Bonchev–Trinajstić information content (AvgIpc) is 2.50. The number of rotatable bonds is 6. The largest absolute Gasteiger partial charge is 0.378 e. The number of nitrogens with zero attached hydrogens (tertiary/aromatic N) is 1. The molecule has 92 valence electrons. The molecule has 1 rings (SSSR count). The summed E-state index contributed by atoms with van der Waals surface area (Å²) >= 11 is 0. The first-order chi connectivity index (χ1) is 7.41. The van der Waals surface area contributed by atoms with Gasteiger partial charge in [-0.15, -0.1) is 0 Å². The zero-order valence-corrected chi connectivity index (χ0v) is 10.5. The molecule has 0 bridgehead atoms. The smallest absolute Gasteiger partial charge is 0.236 e. The number of sulfonamides is 1. The topological polar surface area (TPSA) is 84.1 Å². The van der Waals surface area contributed by atoms with E-state index >= 15 is 0 Å². The minimum atomic E-state index is -3.37. The summed E-state index contributed by atoms with van der Waals surface area (Å²) in [6.07, 6.45) is 1.59. The maximum absolute atomic E-state index is 11.6. The van der Waals surface area contributed by atoms with Gasteiger partial charge in [0.25, 0.3) is 0 Å². The minimum Gasteiger partial charge on any atom is -0.378 e. The van der Waals surface area contributed by atoms with E-state index in [0.29, 0.717) is 5.82 Å². The van der Waals surface area contributed by atoms with Crippen molar-refractivity contribution in [2.45, 2.75) is 26.9 Å². The van der Waals surface area contributed by atoms with E-state index in [-0.39, 0.29) is 18.5 Å². The van der Waals surface area contributed by atoms with Gasteiger partial charge in [-0.05, 0) is 20.8 Å². The van der Waals surface area contributed by atoms with Gasteiger partial charge in [0.05, 0.1) is 24.7 Å². The van der Waals surface area contributed by atoms with E-state index in [1.165, 1.54) is 0 Å². The van der Waals surface area contributed by atoms with Crippen molar-refractivity contribution in [3.05, 3.63) is 11.8 Å². The molecule has 0 aromatic carbocycles. The van der Waals surface area contributed by atoms with E-state index in [1.807, 2.05) is 13.8 Å². The van der Waals surface area contributed by atoms with E-state index in [4.69, 9.17) is 4.74 Å². The van der Waals surface area contributed by atoms with Crippen LogP contribution in [0.1, 0.15) is 19.4 Å². The number of aromatic amines is 1. The third-order valence-corrected chi connectivity index (χ3v) is 3.11. The molecule has 1 aromatic rings. The van der Waals surface area contributed by atoms with Crippen LogP contribution in [-0.2, 0) is 14.8 Å². The van der Waals surface area contributed by atoms with Crippen molar-refractivity contribution in [2.75, 3.05) is 17.1 Å². The first-order valence-electron chi connectivity index (χ1n) is 5.03. The zero-order chi connectivity index (χ0) is 12.2. The highest BCUT2D eigenvalue weighted by atomic mass is 32.2. The number of hydrogen-bond donors (Lipinski definition) is 2. The monoisotopic (exact) mass is 247 g/mol. The third-order valence-electron chi connectivity index (χ3n) is 1.89. The molecule has 1 aromatic heterocycles. The van der Waals surface area contributed by atoms with Gasteiger partial charge in [-0.1, -0.05) is 0 Å². The van der Waals surface area contributed by atoms with Gasteiger partial charge < -0.3 is 4.74 Å². The maximum atomic E-state index is 11.6. The van der Waals surface area contributed by atoms with Crippen molar-refractivity contribution in [1.82, 2.24) is 10.2 Å². The third kappa shape index (κ3) is 4.19. The Morgan fingerprint density at radius 3 is 2.75 bits per heavy atom. The van der Waals surface area contributed by atoms with Crippen molar-refractivity contribution in [3.63, 3.8) is 0 Å². The molecule has 0 saturated carbocycles. The van der Waals surface area contributed by atoms with Gasteiger partial charge in [-0.3, -0.25) is 9.82 Å². The minimum absolute atomic E-state index is 0.0316. The van der Waals surface area contributed by atoms with Gasteiger partial charge >= 0.3 is 0 Å². The highest BCUT2D eigenvalue weighted by Gasteiger charge is 2.13. The number of H-pyrrole nitrogens is 1. The lowest BCUT2D eigenvalue weighted by atomic mass is 10.4. The number of nitrogens with one attached hydrogen (secondary N) is 2. The van der Waals surface area contributed by atoms with Gasteiger partial charge in [0.15, 0.2) is 0 Å². The van der Waals surface area contributed by atoms with Crippen LogP contribution in [0.3, 0.4) is 0 Å². The molecule has 0 aliphatic rings. The second kappa shape index (κ2) is 5.31. The second-order valence-corrected chi connectivity index (χ2v) is 5.61. The van der Waals surface area contributed by atoms with Crippen LogP contribution in [0.5, 0.6) is 0 Å². The fourth-order valence-corrected chi connectivity index (χ4v) is 1.99. The molecule has 0 atom stereocenters. The van der Waals surface area contributed by atoms with Crippen LogP contribution in [0.25, 0.3) is 0 Å². The first-order valence-corrected chi connectivity index (χ1v) is 6.68. The zero-order valence-electron chi connectivity index (χ0n) is 9.65. The fourth-order valence-electron chi connectivity index (χ4n) is 1.05. The standard InChI is InChI=1S/C9H17N3O3S/c1-7(2)15-4-5-16(13,14)12-9-8(3)6-10-11-9/h6-7H,4-5H2,1-3H3,(H2,10,11,12). The Morgan fingerprint density at radius 1 is 1.56 bits per heavy atom. The number of aromatic nitrogens is 2. The average molecular weight is 247 g/mol. The number of hydrogen-bond acceptors (Lipinski definition) is 4. The highest BCUT2D eigenvalue weighted by Crippen LogP contribution is 2.10. The first kappa shape index (κ1) is 13.0. The SMILES string of the molecule is Cc1cn[nH]c1NS(=O)(=O)CCOC(C)C. The fraction of sp³-hybridized carbons (Fsp3) is 0.667. The summed E-state index contributed by atoms with van der Waals surface area (Å²) in [5.74, 6) is 0.341. The molecular weight excluding hydrogens is 230 g/mol. The van der Waals surface area contributed by atoms with Gasteiger partial charge in [0.2, 0.25) is 10.0 Å². The van der Waals surface area contributed by atoms with Gasteiger partial charge in [-0.25, -0.2) is 8.42 Å². The van der Waals surface area contributed by atoms with E-state index in [1.54, 1.807) is 13.1 Å². The molecule has 1 heterocycles. The molecule has 0 amide bonds. The molecule has 0 unspecified atom stereocenters. The molecule has 0 aliphatic heterocycles. The quantitative estimate of drug-likeness (QED) is 0.781. The Labute approximate surface area is 95.4 Å². The van der Waals surface area contributed by atoms with E-state index in [9.17, 15) is 8.42 Å². The Morgan fingerprint density at radius 2 is 2.25 bits per heavy atom. The molecule has 6 nitrogen and oxygen atoms in total. The van der Waals surface area contributed by atoms with Crippen LogP contribution in [0.4, 0.5) is 5.82 Å². The van der Waals surface area contributed by atoms with Gasteiger partial charge in [-0.2, -0.15) is 5.10 Å². The molecule has 16 heavy (non-hydrogen) atoms. The van der Waals surface area contributed by atoms with Crippen molar-refractivity contribution in [1.29, 1.82) is 0 Å². The predicted octanol–water partition coefficient (Wildman–Crippen LogP) is 0.885. The molecule has 7 heteroatoms. The van der Waals surface area contributed by atoms with E-state index in [0.717, 1.165) is 5.56 Å². The summed E-state index contributed by atoms with van der Waals surface area (Å²) in [4.78, 5) is 0. The van der Waals surface area contributed by atoms with Crippen molar-refractivity contribution >= 4 is 15.8 Å². The lowest BCUT2D eigenvalue weighted by Gasteiger charge is -2.09. The molecule has 0 fully saturated rings. The number of ether oxygens (including phenoxy) is 1. The lowest BCUT2D eigenvalue weighted by molar-refractivity contribution is 0.0913.